The molecule has 0 aromatic carbocycles. The largest absolute Gasteiger partial charge is 0.466 e. The zero-order valence-electron chi connectivity index (χ0n) is 7.39. The van der Waals surface area contributed by atoms with Gasteiger partial charge in [-0.1, -0.05) is 6.92 Å². The number of hydrogen-bond donors (Lipinski definition) is 0. The highest BCUT2D eigenvalue weighted by atomic mass is 19.4. The first-order valence-electron chi connectivity index (χ1n) is 3.79. The van der Waals surface area contributed by atoms with Crippen molar-refractivity contribution in [3.8, 4) is 0 Å². The number of rotatable bonds is 3. The van der Waals surface area contributed by atoms with Gasteiger partial charge < -0.3 is 4.74 Å². The molecule has 0 heterocycles. The van der Waals surface area contributed by atoms with Crippen molar-refractivity contribution in [2.45, 2.75) is 25.8 Å². The van der Waals surface area contributed by atoms with E-state index in [-0.39, 0.29) is 6.61 Å². The second-order valence-corrected chi connectivity index (χ2v) is 2.61. The van der Waals surface area contributed by atoms with E-state index >= 15 is 0 Å². The lowest BCUT2D eigenvalue weighted by Crippen LogP contribution is -2.30. The first-order valence-corrected chi connectivity index (χ1v) is 3.79. The van der Waals surface area contributed by atoms with Gasteiger partial charge in [0.15, 0.2) is 0 Å². The topological polar surface area (TPSA) is 26.3 Å². The molecule has 0 rings (SSSR count). The van der Waals surface area contributed by atoms with Crippen molar-refractivity contribution in [3.05, 3.63) is 0 Å². The minimum absolute atomic E-state index is 0.0249. The normalized spacial score (nSPS) is 16.4. The van der Waals surface area contributed by atoms with Gasteiger partial charge >= 0.3 is 12.1 Å². The highest BCUT2D eigenvalue weighted by Gasteiger charge is 2.42. The molecule has 0 amide bonds. The van der Waals surface area contributed by atoms with E-state index in [1.165, 1.54) is 6.92 Å². The quantitative estimate of drug-likeness (QED) is 0.504. The third kappa shape index (κ3) is 3.70. The molecule has 0 aliphatic rings. The summed E-state index contributed by atoms with van der Waals surface area (Å²) in [4.78, 5) is 10.8. The van der Waals surface area contributed by atoms with Crippen LogP contribution in [-0.2, 0) is 9.53 Å². The van der Waals surface area contributed by atoms with Gasteiger partial charge in [0.25, 0.3) is 0 Å². The molecule has 74 valence electrons. The van der Waals surface area contributed by atoms with Crippen molar-refractivity contribution in [1.29, 1.82) is 0 Å². The fourth-order valence-electron chi connectivity index (χ4n) is 0.646. The Morgan fingerprint density at radius 2 is 2.00 bits per heavy atom. The van der Waals surface area contributed by atoms with Crippen molar-refractivity contribution in [1.82, 2.24) is 0 Å². The van der Waals surface area contributed by atoms with Crippen LogP contribution in [0.1, 0.15) is 13.8 Å². The van der Waals surface area contributed by atoms with E-state index < -0.39 is 23.9 Å². The lowest BCUT2D eigenvalue weighted by Gasteiger charge is -2.21. The van der Waals surface area contributed by atoms with Crippen molar-refractivity contribution in [2.24, 2.45) is 5.92 Å². The van der Waals surface area contributed by atoms with Crippen LogP contribution in [-0.4, -0.2) is 26.6 Å². The SMILES string of the molecule is [B]C(C(=O)OCC)C(C)C(F)(F)F. The first-order chi connectivity index (χ1) is 5.80. The minimum atomic E-state index is -4.47. The molecule has 13 heavy (non-hydrogen) atoms. The molecule has 0 saturated carbocycles. The Morgan fingerprint density at radius 3 is 2.31 bits per heavy atom. The lowest BCUT2D eigenvalue weighted by atomic mass is 9.77. The van der Waals surface area contributed by atoms with Gasteiger partial charge in [-0.05, 0) is 6.92 Å². The summed E-state index contributed by atoms with van der Waals surface area (Å²) in [7, 11) is 5.04. The smallest absolute Gasteiger partial charge is 0.391 e. The van der Waals surface area contributed by atoms with E-state index in [0.717, 1.165) is 6.92 Å². The van der Waals surface area contributed by atoms with Gasteiger partial charge in [-0.25, -0.2) is 0 Å². The molecule has 2 nitrogen and oxygen atoms in total. The van der Waals surface area contributed by atoms with Crippen LogP contribution in [0.15, 0.2) is 0 Å². The Labute approximate surface area is 75.9 Å². The highest BCUT2D eigenvalue weighted by Crippen LogP contribution is 2.33. The Hall–Kier alpha value is -0.675. The summed E-state index contributed by atoms with van der Waals surface area (Å²) >= 11 is 0. The molecule has 0 aliphatic heterocycles. The number of ether oxygens (including phenoxy) is 1. The zero-order valence-corrected chi connectivity index (χ0v) is 7.39. The molecule has 0 bridgehead atoms. The number of hydrogen-bond acceptors (Lipinski definition) is 2. The standard InChI is InChI=1S/C7H10BF3O2/c1-3-13-6(12)5(8)4(2)7(9,10)11/h4-5H,3H2,1-2H3. The fraction of sp³-hybridized carbons (Fsp3) is 0.857. The van der Waals surface area contributed by atoms with Gasteiger partial charge in [-0.3, -0.25) is 4.79 Å². The molecule has 0 N–H and O–H groups in total. The predicted molar refractivity (Wildman–Crippen MR) is 41.4 cm³/mol. The molecular formula is C7H10BF3O2. The van der Waals surface area contributed by atoms with Crippen LogP contribution in [0.5, 0.6) is 0 Å². The molecule has 0 aliphatic carbocycles. The maximum absolute atomic E-state index is 12.0. The van der Waals surface area contributed by atoms with E-state index in [4.69, 9.17) is 7.85 Å². The Balaban J connectivity index is 4.25. The zero-order chi connectivity index (χ0) is 10.6. The van der Waals surface area contributed by atoms with Crippen molar-refractivity contribution < 1.29 is 22.7 Å². The Kier molecular flexibility index (Phi) is 4.29. The average Bonchev–Trinajstić information content (AvgIpc) is 2.00. The summed E-state index contributed by atoms with van der Waals surface area (Å²) in [5.74, 6) is -4.54. The lowest BCUT2D eigenvalue weighted by molar-refractivity contribution is -0.179. The van der Waals surface area contributed by atoms with E-state index in [2.05, 4.69) is 4.74 Å². The summed E-state index contributed by atoms with van der Waals surface area (Å²) in [5.41, 5.74) is 0. The second kappa shape index (κ2) is 4.53. The third-order valence-electron chi connectivity index (χ3n) is 1.61. The van der Waals surface area contributed by atoms with Crippen LogP contribution in [0.4, 0.5) is 13.2 Å². The van der Waals surface area contributed by atoms with Crippen LogP contribution in [0.2, 0.25) is 5.82 Å². The van der Waals surface area contributed by atoms with E-state index in [1.807, 2.05) is 0 Å². The number of halogens is 3. The first kappa shape index (κ1) is 12.3. The van der Waals surface area contributed by atoms with Crippen LogP contribution in [0.25, 0.3) is 0 Å². The van der Waals surface area contributed by atoms with Gasteiger partial charge in [0.2, 0.25) is 0 Å². The van der Waals surface area contributed by atoms with Crippen LogP contribution < -0.4 is 0 Å². The summed E-state index contributed by atoms with van der Waals surface area (Å²) < 4.78 is 40.4. The van der Waals surface area contributed by atoms with Gasteiger partial charge in [0.05, 0.1) is 20.4 Å². The molecule has 0 spiro atoms. The molecule has 6 heteroatoms. The Bertz CT molecular complexity index is 181. The number of esters is 1. The minimum Gasteiger partial charge on any atom is -0.466 e. The van der Waals surface area contributed by atoms with Crippen molar-refractivity contribution in [3.63, 3.8) is 0 Å². The van der Waals surface area contributed by atoms with Crippen molar-refractivity contribution in [2.75, 3.05) is 6.61 Å². The summed E-state index contributed by atoms with van der Waals surface area (Å²) in [6.45, 7) is 2.38. The van der Waals surface area contributed by atoms with Crippen LogP contribution in [0.3, 0.4) is 0 Å². The van der Waals surface area contributed by atoms with Gasteiger partial charge in [-0.2, -0.15) is 13.2 Å². The molecule has 0 fully saturated rings. The molecule has 2 radical (unpaired) electrons. The Morgan fingerprint density at radius 1 is 1.54 bits per heavy atom. The molecule has 0 aromatic heterocycles. The van der Waals surface area contributed by atoms with Gasteiger partial charge in [0.1, 0.15) is 0 Å². The predicted octanol–water partition coefficient (Wildman–Crippen LogP) is 1.70. The number of carbonyl (C=O) groups excluding carboxylic acids is 1. The summed E-state index contributed by atoms with van der Waals surface area (Å²) in [6.07, 6.45) is -4.47. The van der Waals surface area contributed by atoms with Gasteiger partial charge in [0, 0.05) is 5.82 Å². The maximum atomic E-state index is 12.0. The van der Waals surface area contributed by atoms with Crippen molar-refractivity contribution >= 4 is 13.8 Å². The van der Waals surface area contributed by atoms with Crippen LogP contribution in [0, 0.1) is 5.92 Å². The number of carbonyl (C=O) groups is 1. The summed E-state index contributed by atoms with van der Waals surface area (Å²) in [5, 5.41) is 0. The molecule has 2 atom stereocenters. The molecule has 0 aromatic rings. The van der Waals surface area contributed by atoms with E-state index in [1.54, 1.807) is 0 Å². The third-order valence-corrected chi connectivity index (χ3v) is 1.61. The molecular weight excluding hydrogens is 184 g/mol. The monoisotopic (exact) mass is 194 g/mol. The van der Waals surface area contributed by atoms with E-state index in [0.29, 0.717) is 0 Å². The maximum Gasteiger partial charge on any atom is 0.391 e. The molecule has 0 saturated heterocycles. The number of alkyl halides is 3. The van der Waals surface area contributed by atoms with Gasteiger partial charge in [-0.15, -0.1) is 0 Å². The average molecular weight is 194 g/mol. The second-order valence-electron chi connectivity index (χ2n) is 2.61. The summed E-state index contributed by atoms with van der Waals surface area (Å²) in [6, 6.07) is 0. The van der Waals surface area contributed by atoms with Crippen LogP contribution >= 0.6 is 0 Å². The molecule has 2 unspecified atom stereocenters. The fourth-order valence-corrected chi connectivity index (χ4v) is 0.646. The van der Waals surface area contributed by atoms with E-state index in [9.17, 15) is 18.0 Å². The highest BCUT2D eigenvalue weighted by molar-refractivity contribution is 6.22.